The highest BCUT2D eigenvalue weighted by atomic mass is 35.5. The number of carbonyl (C=O) groups is 1. The fourth-order valence-corrected chi connectivity index (χ4v) is 3.92. The van der Waals surface area contributed by atoms with Crippen LogP contribution in [0.25, 0.3) is 0 Å². The topological polar surface area (TPSA) is 53.8 Å². The molecule has 0 aliphatic carbocycles. The highest BCUT2D eigenvalue weighted by molar-refractivity contribution is 8.15. The molecule has 23 heavy (non-hydrogen) atoms. The summed E-state index contributed by atoms with van der Waals surface area (Å²) in [7, 11) is 0. The molecule has 0 unspecified atom stereocenters. The predicted octanol–water partition coefficient (Wildman–Crippen LogP) is 4.22. The maximum absolute atomic E-state index is 12.0. The molecule has 118 valence electrons. The van der Waals surface area contributed by atoms with Crippen molar-refractivity contribution in [2.24, 2.45) is 10.2 Å². The Bertz CT molecular complexity index is 775. The van der Waals surface area contributed by atoms with Crippen molar-refractivity contribution in [3.63, 3.8) is 0 Å². The average molecular weight is 384 g/mol. The number of amidine groups is 1. The Morgan fingerprint density at radius 1 is 1.26 bits per heavy atom. The second kappa shape index (κ2) is 7.49. The number of hydrogen-bond donors (Lipinski definition) is 1. The molecular weight excluding hydrogens is 373 g/mol. The first-order valence-electron chi connectivity index (χ1n) is 6.68. The van der Waals surface area contributed by atoms with Gasteiger partial charge >= 0.3 is 0 Å². The van der Waals surface area contributed by atoms with Gasteiger partial charge in [-0.25, -0.2) is 0 Å². The third-order valence-electron chi connectivity index (χ3n) is 3.09. The first-order chi connectivity index (χ1) is 11.1. The highest BCUT2D eigenvalue weighted by Crippen LogP contribution is 2.30. The van der Waals surface area contributed by atoms with Gasteiger partial charge in [-0.2, -0.15) is 5.10 Å². The molecule has 4 nitrogen and oxygen atoms in total. The second-order valence-corrected chi connectivity index (χ2v) is 7.63. The van der Waals surface area contributed by atoms with Crippen molar-refractivity contribution < 1.29 is 4.79 Å². The maximum Gasteiger partial charge on any atom is 0.239 e. The zero-order chi connectivity index (χ0) is 16.2. The molecule has 1 aliphatic heterocycles. The molecule has 1 fully saturated rings. The SMILES string of the molecule is O=C1N/C(=N\N=C/c2cccs2)S[C@H]1Cc1cccc(Cl)c1Cl. The van der Waals surface area contributed by atoms with Crippen LogP contribution in [0.2, 0.25) is 10.0 Å². The molecule has 2 aromatic rings. The molecule has 1 aromatic carbocycles. The lowest BCUT2D eigenvalue weighted by atomic mass is 10.1. The van der Waals surface area contributed by atoms with E-state index in [2.05, 4.69) is 15.5 Å². The van der Waals surface area contributed by atoms with Gasteiger partial charge in [-0.3, -0.25) is 4.79 Å². The molecule has 0 spiro atoms. The smallest absolute Gasteiger partial charge is 0.239 e. The summed E-state index contributed by atoms with van der Waals surface area (Å²) in [4.78, 5) is 13.0. The van der Waals surface area contributed by atoms with Gasteiger partial charge in [0.15, 0.2) is 5.17 Å². The Hall–Kier alpha value is -1.34. The Morgan fingerprint density at radius 2 is 2.13 bits per heavy atom. The van der Waals surface area contributed by atoms with Gasteiger partial charge in [0.25, 0.3) is 0 Å². The summed E-state index contributed by atoms with van der Waals surface area (Å²) in [6.07, 6.45) is 2.15. The Morgan fingerprint density at radius 3 is 2.91 bits per heavy atom. The van der Waals surface area contributed by atoms with Gasteiger partial charge in [0.2, 0.25) is 5.91 Å². The van der Waals surface area contributed by atoms with E-state index in [0.717, 1.165) is 10.4 Å². The molecule has 3 rings (SSSR count). The normalized spacial score (nSPS) is 19.7. The number of thioether (sulfide) groups is 1. The van der Waals surface area contributed by atoms with E-state index in [1.807, 2.05) is 29.6 Å². The van der Waals surface area contributed by atoms with E-state index >= 15 is 0 Å². The first kappa shape index (κ1) is 16.5. The van der Waals surface area contributed by atoms with E-state index in [1.165, 1.54) is 11.8 Å². The van der Waals surface area contributed by atoms with Crippen molar-refractivity contribution in [1.29, 1.82) is 0 Å². The van der Waals surface area contributed by atoms with Gasteiger partial charge in [0.1, 0.15) is 0 Å². The second-order valence-electron chi connectivity index (χ2n) is 4.68. The Balaban J connectivity index is 1.66. The molecule has 8 heteroatoms. The molecule has 0 saturated carbocycles. The Labute approximate surface area is 151 Å². The fourth-order valence-electron chi connectivity index (χ4n) is 2.00. The molecule has 1 saturated heterocycles. The van der Waals surface area contributed by atoms with Crippen LogP contribution in [0.5, 0.6) is 0 Å². The molecule has 1 N–H and O–H groups in total. The van der Waals surface area contributed by atoms with Crippen molar-refractivity contribution >= 4 is 63.6 Å². The third-order valence-corrected chi connectivity index (χ3v) is 5.83. The van der Waals surface area contributed by atoms with Crippen molar-refractivity contribution in [1.82, 2.24) is 5.32 Å². The summed E-state index contributed by atoms with van der Waals surface area (Å²) in [6.45, 7) is 0. The number of hydrogen-bond acceptors (Lipinski definition) is 5. The summed E-state index contributed by atoms with van der Waals surface area (Å²) in [5.74, 6) is -0.101. The fraction of sp³-hybridized carbons (Fsp3) is 0.133. The van der Waals surface area contributed by atoms with Crippen LogP contribution in [0.15, 0.2) is 45.9 Å². The molecule has 2 heterocycles. The summed E-state index contributed by atoms with van der Waals surface area (Å²) >= 11 is 15.1. The number of thiophene rings is 1. The lowest BCUT2D eigenvalue weighted by Crippen LogP contribution is -2.26. The van der Waals surface area contributed by atoms with E-state index < -0.39 is 0 Å². The number of rotatable bonds is 4. The van der Waals surface area contributed by atoms with Gasteiger partial charge in [0.05, 0.1) is 21.5 Å². The van der Waals surface area contributed by atoms with Gasteiger partial charge in [-0.15, -0.1) is 16.4 Å². The van der Waals surface area contributed by atoms with E-state index in [-0.39, 0.29) is 11.2 Å². The maximum atomic E-state index is 12.0. The summed E-state index contributed by atoms with van der Waals surface area (Å²) < 4.78 is 0. The summed E-state index contributed by atoms with van der Waals surface area (Å²) in [6, 6.07) is 9.30. The van der Waals surface area contributed by atoms with Crippen LogP contribution in [0, 0.1) is 0 Å². The zero-order valence-corrected chi connectivity index (χ0v) is 14.8. The van der Waals surface area contributed by atoms with E-state index in [0.29, 0.717) is 21.6 Å². The minimum absolute atomic E-state index is 0.101. The molecule has 1 amide bonds. The van der Waals surface area contributed by atoms with Gasteiger partial charge in [0, 0.05) is 4.88 Å². The van der Waals surface area contributed by atoms with Crippen molar-refractivity contribution in [2.45, 2.75) is 11.7 Å². The minimum Gasteiger partial charge on any atom is -0.303 e. The van der Waals surface area contributed by atoms with Gasteiger partial charge < -0.3 is 5.32 Å². The quantitative estimate of drug-likeness (QED) is 0.634. The van der Waals surface area contributed by atoms with Crippen LogP contribution in [-0.4, -0.2) is 22.5 Å². The minimum atomic E-state index is -0.290. The number of amides is 1. The number of halogens is 2. The first-order valence-corrected chi connectivity index (χ1v) is 9.20. The molecule has 0 radical (unpaired) electrons. The molecule has 1 aliphatic rings. The van der Waals surface area contributed by atoms with Crippen molar-refractivity contribution in [2.75, 3.05) is 0 Å². The summed E-state index contributed by atoms with van der Waals surface area (Å²) in [5, 5.41) is 13.9. The lowest BCUT2D eigenvalue weighted by molar-refractivity contribution is -0.118. The van der Waals surface area contributed by atoms with Crippen LogP contribution in [-0.2, 0) is 11.2 Å². The zero-order valence-electron chi connectivity index (χ0n) is 11.7. The number of nitrogens with zero attached hydrogens (tertiary/aromatic N) is 2. The van der Waals surface area contributed by atoms with E-state index in [1.54, 1.807) is 23.6 Å². The monoisotopic (exact) mass is 383 g/mol. The average Bonchev–Trinajstić information content (AvgIpc) is 3.15. The third kappa shape index (κ3) is 4.14. The molecule has 1 atom stereocenters. The number of carbonyl (C=O) groups excluding carboxylic acids is 1. The molecule has 0 bridgehead atoms. The largest absolute Gasteiger partial charge is 0.303 e. The van der Waals surface area contributed by atoms with Crippen LogP contribution in [0.1, 0.15) is 10.4 Å². The standard InChI is InChI=1S/C15H11Cl2N3OS2/c16-11-5-1-3-9(13(11)17)7-12-14(21)19-15(23-12)20-18-8-10-4-2-6-22-10/h1-6,8,12H,7H2,(H,19,20,21)/b18-8-/t12-/m0/s1. The van der Waals surface area contributed by atoms with Crippen molar-refractivity contribution in [3.8, 4) is 0 Å². The van der Waals surface area contributed by atoms with E-state index in [9.17, 15) is 4.79 Å². The molecule has 1 aromatic heterocycles. The lowest BCUT2D eigenvalue weighted by Gasteiger charge is -2.08. The molecular formula is C15H11Cl2N3OS2. The van der Waals surface area contributed by atoms with Gasteiger partial charge in [-0.1, -0.05) is 53.2 Å². The Kier molecular flexibility index (Phi) is 5.38. The predicted molar refractivity (Wildman–Crippen MR) is 99.0 cm³/mol. The van der Waals surface area contributed by atoms with Crippen LogP contribution in [0.4, 0.5) is 0 Å². The van der Waals surface area contributed by atoms with Crippen LogP contribution in [0.3, 0.4) is 0 Å². The van der Waals surface area contributed by atoms with Crippen LogP contribution < -0.4 is 5.32 Å². The number of benzene rings is 1. The summed E-state index contributed by atoms with van der Waals surface area (Å²) in [5.41, 5.74) is 0.843. The number of nitrogens with one attached hydrogen (secondary N) is 1. The van der Waals surface area contributed by atoms with Gasteiger partial charge in [-0.05, 0) is 29.5 Å². The van der Waals surface area contributed by atoms with Crippen molar-refractivity contribution in [3.05, 3.63) is 56.2 Å². The van der Waals surface area contributed by atoms with E-state index in [4.69, 9.17) is 23.2 Å². The highest BCUT2D eigenvalue weighted by Gasteiger charge is 2.31. The van der Waals surface area contributed by atoms with Crippen LogP contribution >= 0.6 is 46.3 Å².